The van der Waals surface area contributed by atoms with Crippen molar-refractivity contribution in [2.24, 2.45) is 0 Å². The lowest BCUT2D eigenvalue weighted by Crippen LogP contribution is -2.42. The van der Waals surface area contributed by atoms with E-state index in [0.29, 0.717) is 36.0 Å². The molecule has 0 bridgehead atoms. The first-order valence-corrected chi connectivity index (χ1v) is 8.32. The number of pyridine rings is 1. The second-order valence-electron chi connectivity index (χ2n) is 6.63. The third-order valence-electron chi connectivity index (χ3n) is 5.33. The maximum absolute atomic E-state index is 14.1. The molecule has 1 aromatic carbocycles. The first-order chi connectivity index (χ1) is 12.4. The molecule has 0 spiro atoms. The summed E-state index contributed by atoms with van der Waals surface area (Å²) in [5.74, 6) is -1.81. The van der Waals surface area contributed by atoms with E-state index in [1.165, 1.54) is 25.4 Å². The summed E-state index contributed by atoms with van der Waals surface area (Å²) in [6, 6.07) is 5.93. The Morgan fingerprint density at radius 2 is 2.15 bits per heavy atom. The Morgan fingerprint density at radius 1 is 1.38 bits per heavy atom. The highest BCUT2D eigenvalue weighted by Gasteiger charge is 2.48. The molecule has 1 aliphatic carbocycles. The number of carbonyl (C=O) groups excluding carboxylic acids is 1. The number of halogens is 2. The molecule has 7 heteroatoms. The molecule has 1 fully saturated rings. The van der Waals surface area contributed by atoms with Gasteiger partial charge in [0.2, 0.25) is 5.88 Å². The number of ether oxygens (including phenoxy) is 1. The van der Waals surface area contributed by atoms with Gasteiger partial charge in [0, 0.05) is 6.20 Å². The van der Waals surface area contributed by atoms with Crippen molar-refractivity contribution in [3.05, 3.63) is 58.8 Å². The van der Waals surface area contributed by atoms with Crippen molar-refractivity contribution in [3.63, 3.8) is 0 Å². The van der Waals surface area contributed by atoms with Crippen LogP contribution >= 0.6 is 0 Å². The normalized spacial score (nSPS) is 22.3. The van der Waals surface area contributed by atoms with Crippen LogP contribution in [0, 0.1) is 18.6 Å². The second kappa shape index (κ2) is 6.99. The SMILES string of the molecule is COc1ncc([C@@H]2CC[C@@](C(=O)NO)(c3cccc(F)c3C)C2)cc1F. The number of hydrogen-bond acceptors (Lipinski definition) is 4. The number of benzene rings is 1. The van der Waals surface area contributed by atoms with Crippen LogP contribution in [0.1, 0.15) is 41.9 Å². The van der Waals surface area contributed by atoms with Gasteiger partial charge in [-0.25, -0.2) is 19.2 Å². The van der Waals surface area contributed by atoms with Crippen molar-refractivity contribution in [2.45, 2.75) is 37.5 Å². The zero-order valence-electron chi connectivity index (χ0n) is 14.6. The zero-order valence-corrected chi connectivity index (χ0v) is 14.6. The molecule has 3 rings (SSSR count). The first-order valence-electron chi connectivity index (χ1n) is 8.32. The fourth-order valence-corrected chi connectivity index (χ4v) is 3.95. The predicted molar refractivity (Wildman–Crippen MR) is 90.1 cm³/mol. The third kappa shape index (κ3) is 2.92. The average molecular weight is 362 g/mol. The van der Waals surface area contributed by atoms with E-state index in [9.17, 15) is 18.8 Å². The van der Waals surface area contributed by atoms with Crippen molar-refractivity contribution < 1.29 is 23.5 Å². The number of amides is 1. The van der Waals surface area contributed by atoms with Crippen LogP contribution in [-0.4, -0.2) is 23.2 Å². The fraction of sp³-hybridized carbons (Fsp3) is 0.368. The topological polar surface area (TPSA) is 71.5 Å². The Balaban J connectivity index is 2.00. The van der Waals surface area contributed by atoms with Crippen LogP contribution in [0.4, 0.5) is 8.78 Å². The van der Waals surface area contributed by atoms with Crippen LogP contribution in [0.3, 0.4) is 0 Å². The van der Waals surface area contributed by atoms with Gasteiger partial charge in [-0.2, -0.15) is 0 Å². The number of hydrogen-bond donors (Lipinski definition) is 2. The van der Waals surface area contributed by atoms with Crippen LogP contribution in [0.5, 0.6) is 5.88 Å². The van der Waals surface area contributed by atoms with Gasteiger partial charge in [0.15, 0.2) is 5.82 Å². The molecular formula is C19H20F2N2O3. The number of nitrogens with one attached hydrogen (secondary N) is 1. The van der Waals surface area contributed by atoms with Gasteiger partial charge in [0.1, 0.15) is 5.82 Å². The van der Waals surface area contributed by atoms with E-state index in [2.05, 4.69) is 4.98 Å². The lowest BCUT2D eigenvalue weighted by atomic mass is 9.75. The molecular weight excluding hydrogens is 342 g/mol. The number of nitrogens with zero attached hydrogens (tertiary/aromatic N) is 1. The minimum atomic E-state index is -1.08. The summed E-state index contributed by atoms with van der Waals surface area (Å²) < 4.78 is 32.9. The highest BCUT2D eigenvalue weighted by molar-refractivity contribution is 5.88. The van der Waals surface area contributed by atoms with Gasteiger partial charge in [0.05, 0.1) is 12.5 Å². The van der Waals surface area contributed by atoms with Crippen molar-refractivity contribution in [1.82, 2.24) is 10.5 Å². The van der Waals surface area contributed by atoms with Crippen LogP contribution in [0.2, 0.25) is 0 Å². The van der Waals surface area contributed by atoms with Gasteiger partial charge in [0.25, 0.3) is 5.91 Å². The van der Waals surface area contributed by atoms with E-state index >= 15 is 0 Å². The van der Waals surface area contributed by atoms with Gasteiger partial charge < -0.3 is 4.74 Å². The lowest BCUT2D eigenvalue weighted by Gasteiger charge is -2.29. The lowest BCUT2D eigenvalue weighted by molar-refractivity contribution is -0.135. The molecule has 2 N–H and O–H groups in total. The van der Waals surface area contributed by atoms with Crippen LogP contribution in [-0.2, 0) is 10.2 Å². The highest BCUT2D eigenvalue weighted by atomic mass is 19.1. The molecule has 0 radical (unpaired) electrons. The molecule has 138 valence electrons. The summed E-state index contributed by atoms with van der Waals surface area (Å²) >= 11 is 0. The van der Waals surface area contributed by atoms with Crippen molar-refractivity contribution in [1.29, 1.82) is 0 Å². The summed E-state index contributed by atoms with van der Waals surface area (Å²) in [7, 11) is 1.34. The summed E-state index contributed by atoms with van der Waals surface area (Å²) in [5.41, 5.74) is 2.19. The van der Waals surface area contributed by atoms with Crippen LogP contribution in [0.15, 0.2) is 30.5 Å². The molecule has 1 heterocycles. The molecule has 5 nitrogen and oxygen atoms in total. The van der Waals surface area contributed by atoms with Crippen LogP contribution < -0.4 is 10.2 Å². The number of hydroxylamine groups is 1. The standard InChI is InChI=1S/C19H20F2N2O3/c1-11-14(4-3-5-15(11)20)19(18(24)23-25)7-6-12(9-19)13-8-16(21)17(26-2)22-10-13/h3-5,8,10,12,25H,6-7,9H2,1-2H3,(H,23,24)/t12-,19+/m1/s1. The molecule has 26 heavy (non-hydrogen) atoms. The maximum Gasteiger partial charge on any atom is 0.254 e. The summed E-state index contributed by atoms with van der Waals surface area (Å²) in [6.07, 6.45) is 2.83. The highest BCUT2D eigenvalue weighted by Crippen LogP contribution is 2.49. The van der Waals surface area contributed by atoms with E-state index in [4.69, 9.17) is 4.74 Å². The smallest absolute Gasteiger partial charge is 0.254 e. The van der Waals surface area contributed by atoms with E-state index in [1.54, 1.807) is 24.5 Å². The largest absolute Gasteiger partial charge is 0.479 e. The maximum atomic E-state index is 14.1. The van der Waals surface area contributed by atoms with Crippen LogP contribution in [0.25, 0.3) is 0 Å². The van der Waals surface area contributed by atoms with E-state index < -0.39 is 23.0 Å². The average Bonchev–Trinajstić information content (AvgIpc) is 3.09. The monoisotopic (exact) mass is 362 g/mol. The number of aromatic nitrogens is 1. The molecule has 2 aromatic rings. The van der Waals surface area contributed by atoms with E-state index in [0.717, 1.165) is 0 Å². The van der Waals surface area contributed by atoms with Crippen molar-refractivity contribution >= 4 is 5.91 Å². The molecule has 1 amide bonds. The Hall–Kier alpha value is -2.54. The Morgan fingerprint density at radius 3 is 2.81 bits per heavy atom. The molecule has 1 aromatic heterocycles. The van der Waals surface area contributed by atoms with Gasteiger partial charge in [-0.05, 0) is 60.9 Å². The van der Waals surface area contributed by atoms with E-state index in [1.807, 2.05) is 0 Å². The van der Waals surface area contributed by atoms with E-state index in [-0.39, 0.29) is 11.8 Å². The number of carbonyl (C=O) groups is 1. The van der Waals surface area contributed by atoms with Gasteiger partial charge in [-0.3, -0.25) is 10.0 Å². The summed E-state index contributed by atoms with van der Waals surface area (Å²) in [5, 5.41) is 9.27. The molecule has 0 unspecified atom stereocenters. The molecule has 2 atom stereocenters. The third-order valence-corrected chi connectivity index (χ3v) is 5.33. The zero-order chi connectivity index (χ0) is 18.9. The molecule has 0 aliphatic heterocycles. The Kier molecular flexibility index (Phi) is 4.91. The number of methoxy groups -OCH3 is 1. The summed E-state index contributed by atoms with van der Waals surface area (Å²) in [6.45, 7) is 1.61. The molecule has 0 saturated heterocycles. The Bertz CT molecular complexity index is 844. The molecule has 1 saturated carbocycles. The predicted octanol–water partition coefficient (Wildman–Crippen LogP) is 3.39. The summed E-state index contributed by atoms with van der Waals surface area (Å²) in [4.78, 5) is 16.5. The minimum absolute atomic E-state index is 0.0907. The van der Waals surface area contributed by atoms with Crippen molar-refractivity contribution in [3.8, 4) is 5.88 Å². The fourth-order valence-electron chi connectivity index (χ4n) is 3.95. The second-order valence-corrected chi connectivity index (χ2v) is 6.63. The van der Waals surface area contributed by atoms with Crippen molar-refractivity contribution in [2.75, 3.05) is 7.11 Å². The van der Waals surface area contributed by atoms with Gasteiger partial charge in [-0.15, -0.1) is 0 Å². The first kappa shape index (κ1) is 18.3. The minimum Gasteiger partial charge on any atom is -0.479 e. The Labute approximate surface area is 150 Å². The quantitative estimate of drug-likeness (QED) is 0.646. The molecule has 1 aliphatic rings. The number of rotatable bonds is 4. The van der Waals surface area contributed by atoms with Gasteiger partial charge >= 0.3 is 0 Å². The van der Waals surface area contributed by atoms with Gasteiger partial charge in [-0.1, -0.05) is 12.1 Å².